The lowest BCUT2D eigenvalue weighted by molar-refractivity contribution is -0.194. The fraction of sp³-hybridized carbons (Fsp3) is 0.708. The summed E-state index contributed by atoms with van der Waals surface area (Å²) >= 11 is 6.88. The molecule has 4 rings (SSSR count). The number of rotatable bonds is 4. The Morgan fingerprint density at radius 2 is 2.06 bits per heavy atom. The van der Waals surface area contributed by atoms with E-state index in [0.717, 1.165) is 36.6 Å². The van der Waals surface area contributed by atoms with Crippen molar-refractivity contribution in [2.45, 2.75) is 71.0 Å². The molecule has 1 N–H and O–H groups in total. The number of hydrogen-bond acceptors (Lipinski definition) is 6. The van der Waals surface area contributed by atoms with Crippen LogP contribution >= 0.6 is 23.4 Å². The summed E-state index contributed by atoms with van der Waals surface area (Å²) < 4.78 is 5.96. The summed E-state index contributed by atoms with van der Waals surface area (Å²) in [7, 11) is 0. The second-order valence-electron chi connectivity index (χ2n) is 9.95. The SMILES string of the molecule is CCC(=O)O[C@]1(C(=O)SCCl)CC[C@H]2[C@@H]3CCC4=CC(=O)C=C[C@]4(C)[C@H]3[C@@H](O)C[C@@]21C. The summed E-state index contributed by atoms with van der Waals surface area (Å²) in [6, 6.07) is 0. The molecule has 7 heteroatoms. The van der Waals surface area contributed by atoms with E-state index in [1.54, 1.807) is 19.1 Å². The Labute approximate surface area is 193 Å². The van der Waals surface area contributed by atoms with Crippen molar-refractivity contribution in [2.75, 3.05) is 5.21 Å². The summed E-state index contributed by atoms with van der Waals surface area (Å²) in [5.74, 6) is -0.0735. The number of aliphatic hydroxyl groups excluding tert-OH is 1. The predicted octanol–water partition coefficient (Wildman–Crippen LogP) is 4.41. The highest BCUT2D eigenvalue weighted by atomic mass is 35.5. The average molecular weight is 467 g/mol. The van der Waals surface area contributed by atoms with Crippen molar-refractivity contribution in [3.63, 3.8) is 0 Å². The Morgan fingerprint density at radius 1 is 1.32 bits per heavy atom. The fourth-order valence-corrected chi connectivity index (χ4v) is 8.30. The van der Waals surface area contributed by atoms with Gasteiger partial charge >= 0.3 is 5.97 Å². The van der Waals surface area contributed by atoms with Crippen LogP contribution in [0.2, 0.25) is 0 Å². The van der Waals surface area contributed by atoms with Gasteiger partial charge in [-0.3, -0.25) is 14.4 Å². The Hall–Kier alpha value is -1.11. The Kier molecular flexibility index (Phi) is 5.98. The highest BCUT2D eigenvalue weighted by Crippen LogP contribution is 2.68. The van der Waals surface area contributed by atoms with E-state index in [1.165, 1.54) is 0 Å². The van der Waals surface area contributed by atoms with Gasteiger partial charge in [0.15, 0.2) is 11.4 Å². The first-order valence-corrected chi connectivity index (χ1v) is 12.7. The van der Waals surface area contributed by atoms with Crippen molar-refractivity contribution >= 4 is 40.2 Å². The van der Waals surface area contributed by atoms with Gasteiger partial charge in [-0.25, -0.2) is 0 Å². The molecule has 0 heterocycles. The van der Waals surface area contributed by atoms with Crippen molar-refractivity contribution < 1.29 is 24.2 Å². The second kappa shape index (κ2) is 8.03. The van der Waals surface area contributed by atoms with Crippen molar-refractivity contribution in [1.29, 1.82) is 0 Å². The molecule has 4 aliphatic carbocycles. The molecule has 0 spiro atoms. The van der Waals surface area contributed by atoms with Gasteiger partial charge in [0.05, 0.1) is 11.3 Å². The smallest absolute Gasteiger partial charge is 0.306 e. The Balaban J connectivity index is 1.75. The zero-order valence-corrected chi connectivity index (χ0v) is 19.9. The quantitative estimate of drug-likeness (QED) is 0.488. The van der Waals surface area contributed by atoms with Crippen molar-refractivity contribution in [2.24, 2.45) is 28.6 Å². The third-order valence-electron chi connectivity index (χ3n) is 8.71. The first-order valence-electron chi connectivity index (χ1n) is 11.2. The van der Waals surface area contributed by atoms with Crippen LogP contribution < -0.4 is 0 Å². The first kappa shape index (κ1) is 23.1. The molecular weight excluding hydrogens is 436 g/mol. The third-order valence-corrected chi connectivity index (χ3v) is 9.74. The number of halogens is 1. The van der Waals surface area contributed by atoms with Crippen LogP contribution in [0.1, 0.15) is 59.3 Å². The number of esters is 1. The molecule has 0 aromatic carbocycles. The third kappa shape index (κ3) is 3.27. The number of alkyl halides is 1. The second-order valence-corrected chi connectivity index (χ2v) is 11.5. The molecule has 3 fully saturated rings. The predicted molar refractivity (Wildman–Crippen MR) is 120 cm³/mol. The van der Waals surface area contributed by atoms with Gasteiger partial charge in [-0.05, 0) is 56.1 Å². The Morgan fingerprint density at radius 3 is 2.74 bits per heavy atom. The summed E-state index contributed by atoms with van der Waals surface area (Å²) in [6.45, 7) is 5.87. The molecule has 0 aromatic rings. The molecule has 0 aliphatic heterocycles. The molecule has 0 bridgehead atoms. The van der Waals surface area contributed by atoms with Crippen LogP contribution in [0.25, 0.3) is 0 Å². The zero-order valence-electron chi connectivity index (χ0n) is 18.4. The van der Waals surface area contributed by atoms with Gasteiger partial charge in [-0.15, -0.1) is 11.6 Å². The van der Waals surface area contributed by atoms with Crippen LogP contribution in [-0.2, 0) is 19.1 Å². The number of fused-ring (bicyclic) bond motifs is 5. The lowest BCUT2D eigenvalue weighted by atomic mass is 9.46. The molecule has 0 saturated heterocycles. The standard InChI is InChI=1S/C24H31ClO5S/c1-4-19(28)30-24(21(29)31-13-25)10-8-17-16-6-5-14-11-15(26)7-9-22(14,2)20(16)18(27)12-23(17,24)3/h7,9,11,16-18,20,27H,4-6,8,10,12-13H2,1-3H3/t16-,17-,18-,20+,22-,23-,24-/m0/s1. The normalized spacial score (nSPS) is 43.5. The zero-order chi connectivity index (χ0) is 22.6. The number of hydrogen-bond donors (Lipinski definition) is 1. The largest absolute Gasteiger partial charge is 0.449 e. The summed E-state index contributed by atoms with van der Waals surface area (Å²) in [6.07, 6.45) is 8.15. The fourth-order valence-electron chi connectivity index (χ4n) is 7.29. The minimum absolute atomic E-state index is 0.0103. The number of ether oxygens (including phenoxy) is 1. The van der Waals surface area contributed by atoms with Gasteiger partial charge in [0, 0.05) is 23.2 Å². The van der Waals surface area contributed by atoms with Crippen LogP contribution in [0.3, 0.4) is 0 Å². The maximum Gasteiger partial charge on any atom is 0.306 e. The average Bonchev–Trinajstić information content (AvgIpc) is 3.01. The molecule has 0 unspecified atom stereocenters. The minimum atomic E-state index is -1.26. The van der Waals surface area contributed by atoms with Gasteiger partial charge in [-0.2, -0.15) is 0 Å². The van der Waals surface area contributed by atoms with Gasteiger partial charge in [0.2, 0.25) is 5.12 Å². The number of ketones is 1. The van der Waals surface area contributed by atoms with E-state index in [0.29, 0.717) is 12.8 Å². The highest BCUT2D eigenvalue weighted by molar-refractivity contribution is 8.14. The van der Waals surface area contributed by atoms with Crippen LogP contribution in [0, 0.1) is 28.6 Å². The summed E-state index contributed by atoms with van der Waals surface area (Å²) in [5.41, 5.74) is -1.18. The van der Waals surface area contributed by atoms with Crippen LogP contribution in [0.5, 0.6) is 0 Å². The Bertz CT molecular complexity index is 868. The molecule has 31 heavy (non-hydrogen) atoms. The number of carbonyl (C=O) groups is 3. The number of aliphatic hydroxyl groups is 1. The monoisotopic (exact) mass is 466 g/mol. The number of thioether (sulfide) groups is 1. The molecule has 5 nitrogen and oxygen atoms in total. The van der Waals surface area contributed by atoms with E-state index < -0.39 is 23.1 Å². The van der Waals surface area contributed by atoms with Gasteiger partial charge in [-0.1, -0.05) is 44.2 Å². The van der Waals surface area contributed by atoms with E-state index in [-0.39, 0.29) is 45.7 Å². The first-order chi connectivity index (χ1) is 14.6. The molecule has 3 saturated carbocycles. The van der Waals surface area contributed by atoms with Crippen LogP contribution in [-0.4, -0.2) is 38.9 Å². The molecule has 0 aromatic heterocycles. The van der Waals surface area contributed by atoms with E-state index >= 15 is 0 Å². The van der Waals surface area contributed by atoms with Crippen molar-refractivity contribution in [1.82, 2.24) is 0 Å². The maximum atomic E-state index is 13.3. The maximum absolute atomic E-state index is 13.3. The van der Waals surface area contributed by atoms with E-state index in [1.807, 2.05) is 13.0 Å². The lowest BCUT2D eigenvalue weighted by Crippen LogP contribution is -2.62. The number of allylic oxidation sites excluding steroid dienone is 4. The number of carbonyl (C=O) groups excluding carboxylic acids is 3. The van der Waals surface area contributed by atoms with Gasteiger partial charge in [0.25, 0.3) is 0 Å². The van der Waals surface area contributed by atoms with E-state index in [2.05, 4.69) is 6.92 Å². The topological polar surface area (TPSA) is 80.7 Å². The van der Waals surface area contributed by atoms with Gasteiger partial charge < -0.3 is 9.84 Å². The molecule has 7 atom stereocenters. The minimum Gasteiger partial charge on any atom is -0.449 e. The van der Waals surface area contributed by atoms with Crippen LogP contribution in [0.4, 0.5) is 0 Å². The highest BCUT2D eigenvalue weighted by Gasteiger charge is 2.70. The molecule has 170 valence electrons. The molecule has 4 aliphatic rings. The van der Waals surface area contributed by atoms with E-state index in [9.17, 15) is 19.5 Å². The van der Waals surface area contributed by atoms with E-state index in [4.69, 9.17) is 16.3 Å². The van der Waals surface area contributed by atoms with Crippen molar-refractivity contribution in [3.8, 4) is 0 Å². The van der Waals surface area contributed by atoms with Crippen LogP contribution in [0.15, 0.2) is 23.8 Å². The molecular formula is C24H31ClO5S. The van der Waals surface area contributed by atoms with Crippen molar-refractivity contribution in [3.05, 3.63) is 23.8 Å². The molecule has 0 radical (unpaired) electrons. The summed E-state index contributed by atoms with van der Waals surface area (Å²) in [4.78, 5) is 37.7. The molecule has 0 amide bonds. The summed E-state index contributed by atoms with van der Waals surface area (Å²) in [5, 5.41) is 11.4. The van der Waals surface area contributed by atoms with Gasteiger partial charge in [0.1, 0.15) is 0 Å². The lowest BCUT2D eigenvalue weighted by Gasteiger charge is -2.59.